The fourth-order valence-corrected chi connectivity index (χ4v) is 3.68. The molecule has 234 valence electrons. The predicted molar refractivity (Wildman–Crippen MR) is 166 cm³/mol. The second-order valence-corrected chi connectivity index (χ2v) is 9.08. The smallest absolute Gasteiger partial charge is 0.272 e. The molecule has 0 unspecified atom stereocenters. The number of carbonyl (C=O) groups excluding carboxylic acids is 2. The minimum Gasteiger partial charge on any atom is -0.473 e. The predicted octanol–water partition coefficient (Wildman–Crippen LogP) is 7.29. The van der Waals surface area contributed by atoms with Crippen LogP contribution in [-0.4, -0.2) is 64.7 Å². The van der Waals surface area contributed by atoms with Crippen LogP contribution >= 0.6 is 0 Å². The first kappa shape index (κ1) is 36.7. The van der Waals surface area contributed by atoms with Crippen molar-refractivity contribution < 1.29 is 27.6 Å². The first-order valence-corrected chi connectivity index (χ1v) is 14.4. The number of Topliss-reactive ketones (excluding diaryl/α,β-unsaturated/α-hetero) is 1. The number of aliphatic imine (C=N–C) groups is 1. The third-order valence-electron chi connectivity index (χ3n) is 5.62. The molecule has 0 N–H and O–H groups in total. The van der Waals surface area contributed by atoms with Crippen molar-refractivity contribution in [2.24, 2.45) is 4.99 Å². The summed E-state index contributed by atoms with van der Waals surface area (Å²) in [4.78, 5) is 38.7. The van der Waals surface area contributed by atoms with E-state index in [2.05, 4.69) is 20.1 Å². The van der Waals surface area contributed by atoms with Gasteiger partial charge in [-0.2, -0.15) is 4.98 Å². The van der Waals surface area contributed by atoms with E-state index in [1.54, 1.807) is 44.5 Å². The Bertz CT molecular complexity index is 1360. The summed E-state index contributed by atoms with van der Waals surface area (Å²) in [7, 11) is 1.59. The molecule has 11 heteroatoms. The van der Waals surface area contributed by atoms with Gasteiger partial charge in [-0.15, -0.1) is 0 Å². The minimum absolute atomic E-state index is 0.0415. The molecule has 0 radical (unpaired) electrons. The van der Waals surface area contributed by atoms with E-state index in [0.717, 1.165) is 19.5 Å². The molecule has 0 bridgehead atoms. The summed E-state index contributed by atoms with van der Waals surface area (Å²) in [6, 6.07) is 9.44. The lowest BCUT2D eigenvalue weighted by atomic mass is 10.1. The Kier molecular flexibility index (Phi) is 15.6. The zero-order valence-corrected chi connectivity index (χ0v) is 26.6. The number of amides is 1. The molecule has 0 spiro atoms. The van der Waals surface area contributed by atoms with Crippen LogP contribution in [0.25, 0.3) is 17.0 Å². The Labute approximate surface area is 253 Å². The SMILES string of the molecule is CC.CC.CCCN(CC(C)=O)C(=O)c1cccc(-c2noc(/C(C=NC)=C(/C)COc3ccc(C(C)(F)F)cn3)n2)c1. The Morgan fingerprint density at radius 3 is 2.37 bits per heavy atom. The fraction of sp³-hybridized carbons (Fsp3) is 0.438. The second-order valence-electron chi connectivity index (χ2n) is 9.08. The van der Waals surface area contributed by atoms with E-state index >= 15 is 0 Å². The first-order chi connectivity index (χ1) is 20.5. The number of halogens is 2. The molecule has 2 heterocycles. The highest BCUT2D eigenvalue weighted by atomic mass is 19.3. The van der Waals surface area contributed by atoms with Gasteiger partial charge < -0.3 is 14.2 Å². The molecule has 0 atom stereocenters. The van der Waals surface area contributed by atoms with Crippen molar-refractivity contribution in [1.82, 2.24) is 20.0 Å². The summed E-state index contributed by atoms with van der Waals surface area (Å²) in [5.41, 5.74) is 1.97. The Hall–Kier alpha value is -4.28. The summed E-state index contributed by atoms with van der Waals surface area (Å²) >= 11 is 0. The van der Waals surface area contributed by atoms with Gasteiger partial charge in [-0.05, 0) is 44.0 Å². The number of alkyl halides is 2. The molecule has 9 nitrogen and oxygen atoms in total. The van der Waals surface area contributed by atoms with Gasteiger partial charge >= 0.3 is 0 Å². The number of carbonyl (C=O) groups is 2. The first-order valence-electron chi connectivity index (χ1n) is 14.4. The lowest BCUT2D eigenvalue weighted by molar-refractivity contribution is -0.117. The number of hydrogen-bond donors (Lipinski definition) is 0. The summed E-state index contributed by atoms with van der Waals surface area (Å²) < 4.78 is 38.0. The highest BCUT2D eigenvalue weighted by Crippen LogP contribution is 2.27. The van der Waals surface area contributed by atoms with Crippen molar-refractivity contribution in [3.8, 4) is 17.3 Å². The van der Waals surface area contributed by atoms with E-state index in [1.807, 2.05) is 34.6 Å². The Morgan fingerprint density at radius 1 is 1.12 bits per heavy atom. The van der Waals surface area contributed by atoms with Gasteiger partial charge in [-0.1, -0.05) is 51.9 Å². The molecule has 43 heavy (non-hydrogen) atoms. The van der Waals surface area contributed by atoms with Crippen LogP contribution in [0.3, 0.4) is 0 Å². The van der Waals surface area contributed by atoms with Crippen LogP contribution in [0, 0.1) is 0 Å². The molecule has 2 aromatic heterocycles. The fourth-order valence-electron chi connectivity index (χ4n) is 3.68. The van der Waals surface area contributed by atoms with E-state index < -0.39 is 5.92 Å². The maximum atomic E-state index is 13.4. The normalized spacial score (nSPS) is 11.5. The highest BCUT2D eigenvalue weighted by molar-refractivity contribution is 6.09. The van der Waals surface area contributed by atoms with Crippen molar-refractivity contribution in [2.75, 3.05) is 26.7 Å². The molecule has 0 saturated carbocycles. The highest BCUT2D eigenvalue weighted by Gasteiger charge is 2.24. The molecular formula is C32H43F2N5O4. The zero-order valence-electron chi connectivity index (χ0n) is 26.6. The minimum atomic E-state index is -2.99. The van der Waals surface area contributed by atoms with E-state index in [9.17, 15) is 18.4 Å². The van der Waals surface area contributed by atoms with E-state index in [4.69, 9.17) is 9.26 Å². The van der Waals surface area contributed by atoms with E-state index in [1.165, 1.54) is 24.0 Å². The number of rotatable bonds is 12. The molecule has 0 fully saturated rings. The van der Waals surface area contributed by atoms with Crippen LogP contribution in [0.5, 0.6) is 5.88 Å². The van der Waals surface area contributed by atoms with Crippen molar-refractivity contribution >= 4 is 23.5 Å². The summed E-state index contributed by atoms with van der Waals surface area (Å²) in [6.45, 7) is 14.6. The molecule has 1 amide bonds. The monoisotopic (exact) mass is 599 g/mol. The van der Waals surface area contributed by atoms with Gasteiger partial charge in [0, 0.05) is 55.7 Å². The second kappa shape index (κ2) is 18.3. The van der Waals surface area contributed by atoms with Crippen molar-refractivity contribution in [3.05, 3.63) is 65.2 Å². The van der Waals surface area contributed by atoms with Crippen LogP contribution in [0.4, 0.5) is 8.78 Å². The number of hydrogen-bond acceptors (Lipinski definition) is 8. The van der Waals surface area contributed by atoms with Gasteiger partial charge in [-0.3, -0.25) is 14.6 Å². The average Bonchev–Trinajstić information content (AvgIpc) is 3.50. The van der Waals surface area contributed by atoms with Crippen LogP contribution in [0.2, 0.25) is 0 Å². The van der Waals surface area contributed by atoms with Crippen molar-refractivity contribution in [3.63, 3.8) is 0 Å². The standard InChI is InChI=1S/C28H31F2N5O4.2C2H6/c1-6-12-35(16-19(3)36)27(37)21-9-7-8-20(13-21)25-33-26(39-34-25)23(15-31-5)18(2)17-38-24-11-10-22(14-32-24)28(4,29)30;2*1-2/h7-11,13-15H,6,12,16-17H2,1-5H3;2*1-2H3/b23-18-,31-15?;;. The summed E-state index contributed by atoms with van der Waals surface area (Å²) in [5, 5.41) is 4.07. The molecule has 0 saturated heterocycles. The van der Waals surface area contributed by atoms with Gasteiger partial charge in [0.05, 0.1) is 12.1 Å². The molecular weight excluding hydrogens is 556 g/mol. The van der Waals surface area contributed by atoms with Gasteiger partial charge in [0.15, 0.2) is 0 Å². The Morgan fingerprint density at radius 2 is 1.81 bits per heavy atom. The van der Waals surface area contributed by atoms with Crippen LogP contribution in [0.1, 0.15) is 83.6 Å². The number of ether oxygens (including phenoxy) is 1. The average molecular weight is 600 g/mol. The third kappa shape index (κ3) is 11.1. The van der Waals surface area contributed by atoms with Crippen molar-refractivity contribution in [2.45, 2.75) is 67.7 Å². The molecule has 3 aromatic rings. The topological polar surface area (TPSA) is 111 Å². The van der Waals surface area contributed by atoms with E-state index in [-0.39, 0.29) is 48.0 Å². The zero-order chi connectivity index (χ0) is 32.6. The Balaban J connectivity index is 0.00000221. The van der Waals surface area contributed by atoms with Crippen molar-refractivity contribution in [1.29, 1.82) is 0 Å². The largest absolute Gasteiger partial charge is 0.473 e. The molecule has 3 rings (SSSR count). The quantitative estimate of drug-likeness (QED) is 0.201. The summed E-state index contributed by atoms with van der Waals surface area (Å²) in [5.74, 6) is -2.70. The maximum Gasteiger partial charge on any atom is 0.272 e. The lowest BCUT2D eigenvalue weighted by Crippen LogP contribution is -2.35. The van der Waals surface area contributed by atoms with Gasteiger partial charge in [0.1, 0.15) is 12.4 Å². The third-order valence-corrected chi connectivity index (χ3v) is 5.62. The molecule has 0 aliphatic carbocycles. The number of allylic oxidation sites excluding steroid dienone is 1. The molecule has 1 aromatic carbocycles. The van der Waals surface area contributed by atoms with Crippen LogP contribution in [0.15, 0.2) is 57.7 Å². The van der Waals surface area contributed by atoms with E-state index in [0.29, 0.717) is 28.8 Å². The van der Waals surface area contributed by atoms with Gasteiger partial charge in [-0.25, -0.2) is 13.8 Å². The van der Waals surface area contributed by atoms with Gasteiger partial charge in [0.2, 0.25) is 11.7 Å². The van der Waals surface area contributed by atoms with Gasteiger partial charge in [0.25, 0.3) is 17.7 Å². The maximum absolute atomic E-state index is 13.4. The number of nitrogens with zero attached hydrogens (tertiary/aromatic N) is 5. The summed E-state index contributed by atoms with van der Waals surface area (Å²) in [6.07, 6.45) is 3.35. The van der Waals surface area contributed by atoms with Crippen LogP contribution < -0.4 is 4.74 Å². The lowest BCUT2D eigenvalue weighted by Gasteiger charge is -2.20. The number of benzene rings is 1. The number of aromatic nitrogens is 3. The molecule has 0 aliphatic rings. The van der Waals surface area contributed by atoms with Crippen LogP contribution in [-0.2, 0) is 10.7 Å². The number of pyridine rings is 1. The molecule has 0 aliphatic heterocycles. The number of ketones is 1.